The van der Waals surface area contributed by atoms with E-state index in [0.717, 1.165) is 32.7 Å². The maximum atomic E-state index is 12.4. The van der Waals surface area contributed by atoms with Crippen LogP contribution in [0.15, 0.2) is 36.4 Å². The van der Waals surface area contributed by atoms with Crippen LogP contribution in [0.5, 0.6) is 5.75 Å². The lowest BCUT2D eigenvalue weighted by molar-refractivity contribution is -0.384. The Kier molecular flexibility index (Phi) is 5.59. The Hall–Kier alpha value is -3.13. The first kappa shape index (κ1) is 20.2. The van der Waals surface area contributed by atoms with Gasteiger partial charge >= 0.3 is 0 Å². The van der Waals surface area contributed by atoms with E-state index in [1.807, 2.05) is 0 Å². The van der Waals surface area contributed by atoms with Crippen LogP contribution in [0.1, 0.15) is 17.5 Å². The smallest absolute Gasteiger partial charge is 0.273 e. The van der Waals surface area contributed by atoms with Gasteiger partial charge in [0.1, 0.15) is 0 Å². The van der Waals surface area contributed by atoms with Crippen molar-refractivity contribution in [3.8, 4) is 5.75 Å². The molecule has 0 bridgehead atoms. The average molecular weight is 410 g/mol. The van der Waals surface area contributed by atoms with Crippen molar-refractivity contribution in [1.29, 1.82) is 0 Å². The molecular weight excluding hydrogens is 384 g/mol. The first-order valence-corrected chi connectivity index (χ1v) is 10.2. The lowest BCUT2D eigenvalue weighted by Crippen LogP contribution is -2.48. The number of non-ortho nitro benzene ring substituents is 1. The minimum atomic E-state index is -0.642. The fourth-order valence-electron chi connectivity index (χ4n) is 4.23. The van der Waals surface area contributed by atoms with Gasteiger partial charge in [-0.05, 0) is 31.0 Å². The van der Waals surface area contributed by atoms with Crippen LogP contribution in [0, 0.1) is 24.0 Å². The van der Waals surface area contributed by atoms with Gasteiger partial charge in [0.25, 0.3) is 11.6 Å². The van der Waals surface area contributed by atoms with Crippen molar-refractivity contribution in [3.05, 3.63) is 57.6 Å². The molecule has 2 heterocycles. The van der Waals surface area contributed by atoms with E-state index in [1.165, 1.54) is 35.0 Å². The predicted octanol–water partition coefficient (Wildman–Crippen LogP) is 3.12. The number of aryl methyl sites for hydroxylation is 2. The van der Waals surface area contributed by atoms with Gasteiger partial charge < -0.3 is 15.0 Å². The second-order valence-corrected chi connectivity index (χ2v) is 7.89. The summed E-state index contributed by atoms with van der Waals surface area (Å²) in [5.41, 5.74) is 4.34. The van der Waals surface area contributed by atoms with Gasteiger partial charge in [0.05, 0.1) is 16.7 Å². The molecule has 0 aliphatic carbocycles. The fraction of sp³-hybridized carbons (Fsp3) is 0.409. The lowest BCUT2D eigenvalue weighted by atomic mass is 10.1. The Labute approximate surface area is 175 Å². The highest BCUT2D eigenvalue weighted by molar-refractivity contribution is 5.97. The Bertz CT molecular complexity index is 949. The molecule has 8 heteroatoms. The van der Waals surface area contributed by atoms with Crippen LogP contribution in [0.4, 0.5) is 17.1 Å². The molecule has 4 rings (SSSR count). The topological polar surface area (TPSA) is 87.9 Å². The molecule has 1 atom stereocenters. The number of rotatable bonds is 5. The van der Waals surface area contributed by atoms with Crippen LogP contribution in [0.3, 0.4) is 0 Å². The second kappa shape index (κ2) is 8.31. The molecule has 30 heavy (non-hydrogen) atoms. The monoisotopic (exact) mass is 410 g/mol. The normalized spacial score (nSPS) is 19.1. The number of fused-ring (bicyclic) bond motifs is 1. The van der Waals surface area contributed by atoms with Gasteiger partial charge in [0.15, 0.2) is 11.9 Å². The summed E-state index contributed by atoms with van der Waals surface area (Å²) in [6, 6.07) is 10.6. The minimum Gasteiger partial charge on any atom is -0.478 e. The molecule has 158 valence electrons. The number of para-hydroxylation sites is 1. The quantitative estimate of drug-likeness (QED) is 0.602. The fourth-order valence-corrected chi connectivity index (χ4v) is 4.23. The van der Waals surface area contributed by atoms with Crippen molar-refractivity contribution in [2.24, 2.45) is 0 Å². The van der Waals surface area contributed by atoms with Crippen LogP contribution in [-0.2, 0) is 4.79 Å². The number of hydrogen-bond donors (Lipinski definition) is 1. The van der Waals surface area contributed by atoms with Gasteiger partial charge in [-0.2, -0.15) is 0 Å². The third-order valence-electron chi connectivity index (χ3n) is 5.83. The number of piperazine rings is 1. The molecule has 1 fully saturated rings. The molecule has 1 unspecified atom stereocenters. The van der Waals surface area contributed by atoms with E-state index in [4.69, 9.17) is 4.74 Å². The maximum absolute atomic E-state index is 12.4. The van der Waals surface area contributed by atoms with Crippen molar-refractivity contribution < 1.29 is 14.5 Å². The molecule has 2 aliphatic rings. The summed E-state index contributed by atoms with van der Waals surface area (Å²) in [5.74, 6) is 0.152. The molecule has 0 radical (unpaired) electrons. The predicted molar refractivity (Wildman–Crippen MR) is 115 cm³/mol. The van der Waals surface area contributed by atoms with Gasteiger partial charge in [0.2, 0.25) is 0 Å². The van der Waals surface area contributed by atoms with Crippen LogP contribution >= 0.6 is 0 Å². The van der Waals surface area contributed by atoms with E-state index in [-0.39, 0.29) is 11.6 Å². The number of carbonyl (C=O) groups is 1. The highest BCUT2D eigenvalue weighted by Gasteiger charge is 2.30. The Balaban J connectivity index is 1.33. The molecule has 1 N–H and O–H groups in total. The van der Waals surface area contributed by atoms with Crippen LogP contribution in [0.25, 0.3) is 0 Å². The summed E-state index contributed by atoms with van der Waals surface area (Å²) in [6.07, 6.45) is -0.103. The molecule has 1 saturated heterocycles. The first-order valence-electron chi connectivity index (χ1n) is 10.2. The number of benzene rings is 2. The van der Waals surface area contributed by atoms with Crippen LogP contribution < -0.4 is 15.0 Å². The molecule has 1 amide bonds. The Morgan fingerprint density at radius 2 is 1.83 bits per heavy atom. The minimum absolute atomic E-state index is 0.0498. The number of nitro groups is 1. The summed E-state index contributed by atoms with van der Waals surface area (Å²) in [5, 5.41) is 13.8. The Morgan fingerprint density at radius 3 is 2.50 bits per heavy atom. The van der Waals surface area contributed by atoms with E-state index in [1.54, 1.807) is 0 Å². The van der Waals surface area contributed by atoms with Crippen LogP contribution in [-0.4, -0.2) is 54.6 Å². The molecule has 0 spiro atoms. The van der Waals surface area contributed by atoms with E-state index >= 15 is 0 Å². The average Bonchev–Trinajstić information content (AvgIpc) is 2.72. The zero-order valence-corrected chi connectivity index (χ0v) is 17.3. The van der Waals surface area contributed by atoms with Crippen molar-refractivity contribution in [2.75, 3.05) is 42.9 Å². The van der Waals surface area contributed by atoms with Crippen molar-refractivity contribution in [2.45, 2.75) is 26.4 Å². The van der Waals surface area contributed by atoms with E-state index in [9.17, 15) is 14.9 Å². The zero-order valence-electron chi connectivity index (χ0n) is 17.3. The second-order valence-electron chi connectivity index (χ2n) is 7.89. The van der Waals surface area contributed by atoms with Crippen molar-refractivity contribution in [3.63, 3.8) is 0 Å². The molecule has 2 aliphatic heterocycles. The zero-order chi connectivity index (χ0) is 21.3. The molecule has 2 aromatic rings. The molecular formula is C22H26N4O4. The summed E-state index contributed by atoms with van der Waals surface area (Å²) in [6.45, 7) is 8.76. The third kappa shape index (κ3) is 4.09. The van der Waals surface area contributed by atoms with E-state index < -0.39 is 11.0 Å². The Morgan fingerprint density at radius 1 is 1.13 bits per heavy atom. The van der Waals surface area contributed by atoms with E-state index in [0.29, 0.717) is 17.9 Å². The standard InChI is InChI=1S/C22H26N4O4/c1-15-4-3-5-16(2)21(15)25-12-10-24(11-13-25)9-8-19-22(27)23-18-7-6-17(26(28)29)14-20(18)30-19/h3-7,14,19H,8-13H2,1-2H3,(H,23,27). The number of anilines is 2. The van der Waals surface area contributed by atoms with Gasteiger partial charge in [0, 0.05) is 50.9 Å². The summed E-state index contributed by atoms with van der Waals surface area (Å²) in [7, 11) is 0. The number of carbonyl (C=O) groups excluding carboxylic acids is 1. The van der Waals surface area contributed by atoms with Crippen molar-refractivity contribution >= 4 is 23.0 Å². The first-order chi connectivity index (χ1) is 14.4. The summed E-state index contributed by atoms with van der Waals surface area (Å²) >= 11 is 0. The van der Waals surface area contributed by atoms with Crippen molar-refractivity contribution in [1.82, 2.24) is 4.90 Å². The molecule has 8 nitrogen and oxygen atoms in total. The van der Waals surface area contributed by atoms with Crippen LogP contribution in [0.2, 0.25) is 0 Å². The number of nitrogens with zero attached hydrogens (tertiary/aromatic N) is 3. The number of amides is 1. The lowest BCUT2D eigenvalue weighted by Gasteiger charge is -2.38. The third-order valence-corrected chi connectivity index (χ3v) is 5.83. The van der Waals surface area contributed by atoms with Gasteiger partial charge in [-0.25, -0.2) is 0 Å². The largest absolute Gasteiger partial charge is 0.478 e. The molecule has 0 saturated carbocycles. The maximum Gasteiger partial charge on any atom is 0.273 e. The molecule has 0 aromatic heterocycles. The summed E-state index contributed by atoms with van der Waals surface area (Å²) in [4.78, 5) is 27.7. The number of nitro benzene ring substituents is 1. The number of ether oxygens (including phenoxy) is 1. The van der Waals surface area contributed by atoms with Gasteiger partial charge in [-0.15, -0.1) is 0 Å². The van der Waals surface area contributed by atoms with E-state index in [2.05, 4.69) is 47.2 Å². The number of hydrogen-bond acceptors (Lipinski definition) is 6. The highest BCUT2D eigenvalue weighted by atomic mass is 16.6. The SMILES string of the molecule is Cc1cccc(C)c1N1CCN(CCC2Oc3cc([N+](=O)[O-])ccc3NC2=O)CC1. The van der Waals surface area contributed by atoms with Gasteiger partial charge in [-0.1, -0.05) is 18.2 Å². The highest BCUT2D eigenvalue weighted by Crippen LogP contribution is 2.34. The van der Waals surface area contributed by atoms with Gasteiger partial charge in [-0.3, -0.25) is 19.8 Å². The summed E-state index contributed by atoms with van der Waals surface area (Å²) < 4.78 is 5.79. The molecule has 2 aromatic carbocycles. The number of nitrogens with one attached hydrogen (secondary N) is 1.